The molecule has 2 rings (SSSR count). The van der Waals surface area contributed by atoms with Gasteiger partial charge in [-0.05, 0) is 24.3 Å². The molecule has 6 heteroatoms. The summed E-state index contributed by atoms with van der Waals surface area (Å²) in [5.41, 5.74) is 6.06. The lowest BCUT2D eigenvalue weighted by Gasteiger charge is -2.02. The molecule has 2 N–H and O–H groups in total. The zero-order chi connectivity index (χ0) is 13.1. The van der Waals surface area contributed by atoms with Crippen molar-refractivity contribution in [1.29, 1.82) is 0 Å². The zero-order valence-corrected chi connectivity index (χ0v) is 9.24. The number of benzene rings is 1. The van der Waals surface area contributed by atoms with Crippen molar-refractivity contribution < 1.29 is 9.72 Å². The highest BCUT2D eigenvalue weighted by Gasteiger charge is 2.13. The summed E-state index contributed by atoms with van der Waals surface area (Å²) in [6.45, 7) is 0. The van der Waals surface area contributed by atoms with Crippen molar-refractivity contribution >= 4 is 28.6 Å². The number of nitrogens with zero attached hydrogens (tertiary/aromatic N) is 2. The highest BCUT2D eigenvalue weighted by atomic mass is 16.6. The molecule has 0 bridgehead atoms. The number of carbonyl (C=O) groups is 1. The first-order valence-electron chi connectivity index (χ1n) is 5.09. The predicted molar refractivity (Wildman–Crippen MR) is 66.6 cm³/mol. The van der Waals surface area contributed by atoms with Crippen LogP contribution in [0.2, 0.25) is 0 Å². The van der Waals surface area contributed by atoms with Gasteiger partial charge in [0.25, 0.3) is 5.69 Å². The maximum absolute atomic E-state index is 10.9. The molecule has 1 aromatic carbocycles. The largest absolute Gasteiger partial charge is 0.366 e. The monoisotopic (exact) mass is 243 g/mol. The number of pyridine rings is 1. The van der Waals surface area contributed by atoms with Gasteiger partial charge in [0.2, 0.25) is 5.91 Å². The van der Waals surface area contributed by atoms with Gasteiger partial charge in [-0.15, -0.1) is 0 Å². The Balaban J connectivity index is 2.68. The quantitative estimate of drug-likeness (QED) is 0.503. The van der Waals surface area contributed by atoms with Crippen molar-refractivity contribution in [3.05, 3.63) is 52.2 Å². The number of amides is 1. The van der Waals surface area contributed by atoms with Gasteiger partial charge in [0.1, 0.15) is 0 Å². The summed E-state index contributed by atoms with van der Waals surface area (Å²) in [5.74, 6) is -0.586. The van der Waals surface area contributed by atoms with Crippen LogP contribution >= 0.6 is 0 Å². The fourth-order valence-corrected chi connectivity index (χ4v) is 1.65. The second kappa shape index (κ2) is 4.62. The first-order valence-corrected chi connectivity index (χ1v) is 5.09. The average molecular weight is 243 g/mol. The van der Waals surface area contributed by atoms with E-state index < -0.39 is 10.8 Å². The second-order valence-corrected chi connectivity index (χ2v) is 3.57. The van der Waals surface area contributed by atoms with Crippen LogP contribution in [-0.4, -0.2) is 15.8 Å². The fourth-order valence-electron chi connectivity index (χ4n) is 1.65. The third kappa shape index (κ3) is 2.17. The number of carbonyl (C=O) groups excluding carboxylic acids is 1. The zero-order valence-electron chi connectivity index (χ0n) is 9.24. The third-order valence-corrected chi connectivity index (χ3v) is 2.40. The van der Waals surface area contributed by atoms with E-state index in [0.29, 0.717) is 16.5 Å². The number of nitro groups is 1. The molecule has 0 saturated carbocycles. The van der Waals surface area contributed by atoms with Gasteiger partial charge in [-0.25, -0.2) is 0 Å². The summed E-state index contributed by atoms with van der Waals surface area (Å²) in [5, 5.41) is 11.3. The average Bonchev–Trinajstić information content (AvgIpc) is 2.35. The molecule has 1 aromatic heterocycles. The molecule has 0 fully saturated rings. The number of nitrogens with two attached hydrogens (primary N) is 1. The molecule has 1 heterocycles. The molecule has 90 valence electrons. The number of fused-ring (bicyclic) bond motifs is 1. The minimum atomic E-state index is -0.586. The van der Waals surface area contributed by atoms with Gasteiger partial charge in [0, 0.05) is 23.9 Å². The lowest BCUT2D eigenvalue weighted by atomic mass is 10.1. The SMILES string of the molecule is NC(=O)C=Cc1ccc([N+](=O)[O-])c2cccnc12. The number of primary amides is 1. The minimum Gasteiger partial charge on any atom is -0.366 e. The highest BCUT2D eigenvalue weighted by molar-refractivity contribution is 5.97. The third-order valence-electron chi connectivity index (χ3n) is 2.40. The summed E-state index contributed by atoms with van der Waals surface area (Å²) in [4.78, 5) is 25.2. The Morgan fingerprint density at radius 3 is 2.83 bits per heavy atom. The van der Waals surface area contributed by atoms with Crippen molar-refractivity contribution in [3.8, 4) is 0 Å². The van der Waals surface area contributed by atoms with E-state index in [1.807, 2.05) is 0 Å². The highest BCUT2D eigenvalue weighted by Crippen LogP contribution is 2.27. The number of non-ortho nitro benzene ring substituents is 1. The summed E-state index contributed by atoms with van der Waals surface area (Å²) >= 11 is 0. The second-order valence-electron chi connectivity index (χ2n) is 3.57. The molecule has 0 saturated heterocycles. The van der Waals surface area contributed by atoms with Crippen molar-refractivity contribution in [2.75, 3.05) is 0 Å². The fraction of sp³-hybridized carbons (Fsp3) is 0. The molecule has 0 radical (unpaired) electrons. The van der Waals surface area contributed by atoms with Gasteiger partial charge in [0.05, 0.1) is 15.8 Å². The maximum atomic E-state index is 10.9. The molecule has 0 aliphatic heterocycles. The Kier molecular flexibility index (Phi) is 3.01. The Labute approximate surface area is 102 Å². The van der Waals surface area contributed by atoms with Gasteiger partial charge < -0.3 is 5.73 Å². The van der Waals surface area contributed by atoms with Crippen LogP contribution < -0.4 is 5.73 Å². The van der Waals surface area contributed by atoms with Crippen LogP contribution in [-0.2, 0) is 4.79 Å². The Morgan fingerprint density at radius 1 is 1.39 bits per heavy atom. The molecule has 0 atom stereocenters. The van der Waals surface area contributed by atoms with Crippen LogP contribution in [0, 0.1) is 10.1 Å². The molecule has 0 spiro atoms. The smallest absolute Gasteiger partial charge is 0.278 e. The van der Waals surface area contributed by atoms with Gasteiger partial charge in [-0.1, -0.05) is 0 Å². The number of hydrogen-bond donors (Lipinski definition) is 1. The molecular weight excluding hydrogens is 234 g/mol. The Hall–Kier alpha value is -2.76. The Morgan fingerprint density at radius 2 is 2.17 bits per heavy atom. The summed E-state index contributed by atoms with van der Waals surface area (Å²) in [6.07, 6.45) is 4.21. The van der Waals surface area contributed by atoms with Gasteiger partial charge in [0.15, 0.2) is 0 Å². The van der Waals surface area contributed by atoms with Gasteiger partial charge in [-0.3, -0.25) is 19.9 Å². The number of nitro benzene ring substituents is 1. The van der Waals surface area contributed by atoms with E-state index in [1.54, 1.807) is 12.1 Å². The van der Waals surface area contributed by atoms with E-state index in [0.717, 1.165) is 0 Å². The standard InChI is InChI=1S/C12H9N3O3/c13-11(16)6-4-8-3-5-10(15(17)18)9-2-1-7-14-12(8)9/h1-7H,(H2,13,16). The van der Waals surface area contributed by atoms with Crippen molar-refractivity contribution in [2.45, 2.75) is 0 Å². The molecule has 2 aromatic rings. The van der Waals surface area contributed by atoms with E-state index in [2.05, 4.69) is 4.98 Å². The lowest BCUT2D eigenvalue weighted by Crippen LogP contribution is -2.05. The molecular formula is C12H9N3O3. The van der Waals surface area contributed by atoms with E-state index >= 15 is 0 Å². The van der Waals surface area contributed by atoms with Crippen molar-refractivity contribution in [1.82, 2.24) is 4.98 Å². The molecule has 1 amide bonds. The van der Waals surface area contributed by atoms with Crippen LogP contribution in [0.1, 0.15) is 5.56 Å². The first-order chi connectivity index (χ1) is 8.59. The Bertz CT molecular complexity index is 665. The molecule has 0 aliphatic carbocycles. The summed E-state index contributed by atoms with van der Waals surface area (Å²) in [6, 6.07) is 6.15. The van der Waals surface area contributed by atoms with Crippen LogP contribution in [0.15, 0.2) is 36.5 Å². The predicted octanol–water partition coefficient (Wildman–Crippen LogP) is 1.64. The molecule has 0 aliphatic rings. The van der Waals surface area contributed by atoms with E-state index in [9.17, 15) is 14.9 Å². The van der Waals surface area contributed by atoms with E-state index in [1.165, 1.54) is 30.5 Å². The van der Waals surface area contributed by atoms with Crippen LogP contribution in [0.25, 0.3) is 17.0 Å². The van der Waals surface area contributed by atoms with Crippen molar-refractivity contribution in [3.63, 3.8) is 0 Å². The van der Waals surface area contributed by atoms with Crippen LogP contribution in [0.3, 0.4) is 0 Å². The van der Waals surface area contributed by atoms with Gasteiger partial charge in [-0.2, -0.15) is 0 Å². The van der Waals surface area contributed by atoms with Crippen LogP contribution in [0.5, 0.6) is 0 Å². The van der Waals surface area contributed by atoms with Crippen molar-refractivity contribution in [2.24, 2.45) is 5.73 Å². The molecule has 18 heavy (non-hydrogen) atoms. The molecule has 6 nitrogen and oxygen atoms in total. The number of rotatable bonds is 3. The molecule has 0 unspecified atom stereocenters. The first kappa shape index (κ1) is 11.7. The van der Waals surface area contributed by atoms with Gasteiger partial charge >= 0.3 is 0 Å². The van der Waals surface area contributed by atoms with Crippen LogP contribution in [0.4, 0.5) is 5.69 Å². The maximum Gasteiger partial charge on any atom is 0.278 e. The topological polar surface area (TPSA) is 99.1 Å². The normalized spacial score (nSPS) is 10.9. The summed E-state index contributed by atoms with van der Waals surface area (Å²) in [7, 11) is 0. The lowest BCUT2D eigenvalue weighted by molar-refractivity contribution is -0.383. The van der Waals surface area contributed by atoms with E-state index in [4.69, 9.17) is 5.73 Å². The van der Waals surface area contributed by atoms with E-state index in [-0.39, 0.29) is 5.69 Å². The number of hydrogen-bond acceptors (Lipinski definition) is 4. The number of aromatic nitrogens is 1. The minimum absolute atomic E-state index is 0.0191. The summed E-state index contributed by atoms with van der Waals surface area (Å²) < 4.78 is 0.